The maximum Gasteiger partial charge on any atom is 0.305 e. The Labute approximate surface area is 307 Å². The number of aliphatic hydroxyl groups is 3. The lowest BCUT2D eigenvalue weighted by atomic mass is 9.87. The van der Waals surface area contributed by atoms with Gasteiger partial charge in [0.25, 0.3) is 0 Å². The van der Waals surface area contributed by atoms with Gasteiger partial charge < -0.3 is 40.0 Å². The van der Waals surface area contributed by atoms with E-state index in [9.17, 15) is 24.9 Å². The zero-order valence-corrected chi connectivity index (χ0v) is 32.1. The quantitative estimate of drug-likeness (QED) is 0.0389. The fraction of sp³-hybridized carbons (Fsp3) is 0.632. The fourth-order valence-electron chi connectivity index (χ4n) is 6.26. The maximum atomic E-state index is 11.8. The Bertz CT molecular complexity index is 1320. The number of nitrogens with one attached hydrogen (secondary N) is 1. The zero-order valence-electron chi connectivity index (χ0n) is 30.6. The number of halogens is 2. The van der Waals surface area contributed by atoms with E-state index in [1.807, 2.05) is 32.1 Å². The molecule has 12 heteroatoms. The Hall–Kier alpha value is -2.28. The SMILES string of the molecule is CC[C@H](OC)[C@@H](C)[C@H]1O[C@@H]1C(NCc1c(Cl)cccc1Cl)C(C)(O)/C=C/C=C(\C)C[C@@H](C)/C=C/[C@H](OC(C)=O)[C@](C)(O)CC[C@@H](O)CC(=O)O. The van der Waals surface area contributed by atoms with Crippen LogP contribution >= 0.6 is 23.2 Å². The number of carboxylic acid groups (broad SMARTS) is 1. The number of aliphatic hydroxyl groups excluding tert-OH is 1. The molecule has 10 atom stereocenters. The van der Waals surface area contributed by atoms with Crippen molar-refractivity contribution in [3.63, 3.8) is 0 Å². The summed E-state index contributed by atoms with van der Waals surface area (Å²) in [7, 11) is 1.70. The number of methoxy groups -OCH3 is 1. The highest BCUT2D eigenvalue weighted by Crippen LogP contribution is 2.39. The molecule has 1 aliphatic rings. The van der Waals surface area contributed by atoms with Crippen LogP contribution in [0.2, 0.25) is 10.0 Å². The highest BCUT2D eigenvalue weighted by atomic mass is 35.5. The number of carboxylic acids is 1. The topological polar surface area (TPSA) is 158 Å². The van der Waals surface area contributed by atoms with Crippen molar-refractivity contribution in [3.05, 3.63) is 69.8 Å². The van der Waals surface area contributed by atoms with Gasteiger partial charge in [-0.05, 0) is 70.6 Å². The van der Waals surface area contributed by atoms with Crippen LogP contribution in [0.1, 0.15) is 86.1 Å². The monoisotopic (exact) mass is 741 g/mol. The Kier molecular flexibility index (Phi) is 17.6. The number of carbonyl (C=O) groups is 2. The largest absolute Gasteiger partial charge is 0.481 e. The second-order valence-electron chi connectivity index (χ2n) is 14.0. The van der Waals surface area contributed by atoms with E-state index in [1.54, 1.807) is 44.4 Å². The van der Waals surface area contributed by atoms with Gasteiger partial charge in [0.2, 0.25) is 0 Å². The first-order valence-electron chi connectivity index (χ1n) is 17.2. The molecule has 2 rings (SSSR count). The third kappa shape index (κ3) is 14.0. The molecular formula is C38H57Cl2NO9. The number of hydrogen-bond acceptors (Lipinski definition) is 9. The highest BCUT2D eigenvalue weighted by Gasteiger charge is 2.54. The maximum absolute atomic E-state index is 11.8. The Balaban J connectivity index is 2.16. The Morgan fingerprint density at radius 3 is 2.28 bits per heavy atom. The van der Waals surface area contributed by atoms with Crippen molar-refractivity contribution in [1.29, 1.82) is 0 Å². The number of hydrogen-bond donors (Lipinski definition) is 5. The molecule has 50 heavy (non-hydrogen) atoms. The molecule has 282 valence electrons. The minimum absolute atomic E-state index is 0.00388. The van der Waals surface area contributed by atoms with E-state index in [-0.39, 0.29) is 43.0 Å². The third-order valence-electron chi connectivity index (χ3n) is 9.26. The molecule has 1 heterocycles. The first-order chi connectivity index (χ1) is 23.3. The predicted octanol–water partition coefficient (Wildman–Crippen LogP) is 6.41. The summed E-state index contributed by atoms with van der Waals surface area (Å²) in [5.74, 6) is -1.60. The van der Waals surface area contributed by atoms with Crippen LogP contribution < -0.4 is 5.32 Å². The second-order valence-corrected chi connectivity index (χ2v) is 14.8. The number of ether oxygens (including phenoxy) is 3. The molecule has 10 nitrogen and oxygen atoms in total. The first-order valence-corrected chi connectivity index (χ1v) is 18.0. The average Bonchev–Trinajstić information content (AvgIpc) is 3.80. The molecule has 1 saturated heterocycles. The molecule has 0 aromatic heterocycles. The Morgan fingerprint density at radius 1 is 1.08 bits per heavy atom. The van der Waals surface area contributed by atoms with E-state index in [2.05, 4.69) is 19.2 Å². The van der Waals surface area contributed by atoms with E-state index >= 15 is 0 Å². The predicted molar refractivity (Wildman–Crippen MR) is 196 cm³/mol. The molecule has 0 aliphatic carbocycles. The molecule has 1 aromatic carbocycles. The molecule has 1 aliphatic heterocycles. The van der Waals surface area contributed by atoms with E-state index < -0.39 is 47.8 Å². The molecule has 0 spiro atoms. The van der Waals surface area contributed by atoms with Gasteiger partial charge in [0.15, 0.2) is 0 Å². The second kappa shape index (κ2) is 20.1. The van der Waals surface area contributed by atoms with Gasteiger partial charge in [-0.25, -0.2) is 0 Å². The summed E-state index contributed by atoms with van der Waals surface area (Å²) in [6.45, 7) is 12.9. The lowest BCUT2D eigenvalue weighted by Gasteiger charge is -2.31. The van der Waals surface area contributed by atoms with Gasteiger partial charge >= 0.3 is 11.9 Å². The number of esters is 1. The number of allylic oxidation sites excluding steroid dienone is 4. The standard InChI is InChI=1S/C38H57Cl2NO9/c1-9-31(48-8)25(4)34-35(50-34)36(41-22-28-29(39)13-10-14-30(28)40)38(7,47)18-11-12-23(2)20-24(3)15-16-32(49-26(5)42)37(6,46)19-17-27(43)21-33(44)45/h10-16,18,24-25,27,31-32,34-36,41,43,46-47H,9,17,19-22H2,1-8H3,(H,44,45)/b16-15+,18-11+,23-12+/t24-,25+,27+,31-,32-,34+,35-,36?,37+,38?/m0/s1. The summed E-state index contributed by atoms with van der Waals surface area (Å²) >= 11 is 12.9. The average molecular weight is 743 g/mol. The molecule has 0 bridgehead atoms. The summed E-state index contributed by atoms with van der Waals surface area (Å²) in [6.07, 6.45) is 7.61. The number of benzene rings is 1. The van der Waals surface area contributed by atoms with E-state index in [0.717, 1.165) is 17.6 Å². The van der Waals surface area contributed by atoms with Crippen molar-refractivity contribution in [3.8, 4) is 0 Å². The molecule has 0 amide bonds. The van der Waals surface area contributed by atoms with Crippen LogP contribution in [0.5, 0.6) is 0 Å². The molecule has 1 fully saturated rings. The van der Waals surface area contributed by atoms with Gasteiger partial charge in [-0.3, -0.25) is 9.59 Å². The minimum atomic E-state index is -1.52. The van der Waals surface area contributed by atoms with Crippen LogP contribution in [0.25, 0.3) is 0 Å². The van der Waals surface area contributed by atoms with Gasteiger partial charge in [-0.15, -0.1) is 0 Å². The van der Waals surface area contributed by atoms with Crippen LogP contribution in [0.4, 0.5) is 0 Å². The summed E-state index contributed by atoms with van der Waals surface area (Å²) in [5.41, 5.74) is -1.08. The van der Waals surface area contributed by atoms with Gasteiger partial charge in [0, 0.05) is 42.1 Å². The molecule has 0 saturated carbocycles. The normalized spacial score (nSPS) is 22.7. The van der Waals surface area contributed by atoms with Crippen molar-refractivity contribution in [1.82, 2.24) is 5.32 Å². The van der Waals surface area contributed by atoms with Crippen LogP contribution in [-0.4, -0.2) is 87.2 Å². The van der Waals surface area contributed by atoms with Gasteiger partial charge in [-0.2, -0.15) is 0 Å². The lowest BCUT2D eigenvalue weighted by molar-refractivity contribution is -0.156. The summed E-state index contributed by atoms with van der Waals surface area (Å²) < 4.78 is 17.2. The third-order valence-corrected chi connectivity index (χ3v) is 9.97. The molecule has 1 aromatic rings. The molecule has 0 radical (unpaired) electrons. The summed E-state index contributed by atoms with van der Waals surface area (Å²) in [6, 6.07) is 4.85. The Morgan fingerprint density at radius 2 is 1.72 bits per heavy atom. The number of carbonyl (C=O) groups excluding carboxylic acids is 1. The highest BCUT2D eigenvalue weighted by molar-refractivity contribution is 6.35. The van der Waals surface area contributed by atoms with Crippen LogP contribution in [0.15, 0.2) is 54.2 Å². The van der Waals surface area contributed by atoms with Crippen molar-refractivity contribution in [2.45, 2.75) is 135 Å². The molecular weight excluding hydrogens is 685 g/mol. The molecule has 5 N–H and O–H groups in total. The number of epoxide rings is 1. The van der Waals surface area contributed by atoms with Crippen LogP contribution in [-0.2, 0) is 30.3 Å². The zero-order chi connectivity index (χ0) is 37.8. The lowest BCUT2D eigenvalue weighted by Crippen LogP contribution is -2.52. The van der Waals surface area contributed by atoms with Crippen LogP contribution in [0.3, 0.4) is 0 Å². The van der Waals surface area contributed by atoms with Crippen molar-refractivity contribution in [2.75, 3.05) is 7.11 Å². The van der Waals surface area contributed by atoms with E-state index in [4.69, 9.17) is 42.5 Å². The summed E-state index contributed by atoms with van der Waals surface area (Å²) in [4.78, 5) is 22.7. The van der Waals surface area contributed by atoms with Crippen LogP contribution in [0, 0.1) is 11.8 Å². The van der Waals surface area contributed by atoms with E-state index in [1.165, 1.54) is 13.8 Å². The number of aliphatic carboxylic acids is 1. The number of rotatable bonds is 22. The van der Waals surface area contributed by atoms with Crippen molar-refractivity contribution < 1.29 is 44.2 Å². The van der Waals surface area contributed by atoms with Gasteiger partial charge in [0.1, 0.15) is 17.8 Å². The van der Waals surface area contributed by atoms with Gasteiger partial charge in [-0.1, -0.05) is 79.9 Å². The van der Waals surface area contributed by atoms with Gasteiger partial charge in [0.05, 0.1) is 36.4 Å². The van der Waals surface area contributed by atoms with Crippen molar-refractivity contribution in [2.24, 2.45) is 11.8 Å². The minimum Gasteiger partial charge on any atom is -0.481 e. The summed E-state index contributed by atoms with van der Waals surface area (Å²) in [5, 5.41) is 46.2. The first kappa shape index (κ1) is 43.9. The molecule has 2 unspecified atom stereocenters. The fourth-order valence-corrected chi connectivity index (χ4v) is 6.79. The van der Waals surface area contributed by atoms with Crippen molar-refractivity contribution >= 4 is 35.1 Å². The van der Waals surface area contributed by atoms with E-state index in [0.29, 0.717) is 23.0 Å². The smallest absolute Gasteiger partial charge is 0.305 e.